The lowest BCUT2D eigenvalue weighted by Crippen LogP contribution is -2.05. The van der Waals surface area contributed by atoms with E-state index in [0.717, 1.165) is 11.4 Å². The molecular formula is C13H17N5S. The van der Waals surface area contributed by atoms with Crippen molar-refractivity contribution in [3.05, 3.63) is 30.3 Å². The standard InChI is InChI=1S/C13H17N5S/c1-9(2)8-19-13-17-11(14)16-12(18-13)15-10-6-4-3-5-7-10/h3-7,9H,8H2,1-2H3,(H3,14,15,16,17,18). The van der Waals surface area contributed by atoms with Crippen LogP contribution >= 0.6 is 11.8 Å². The van der Waals surface area contributed by atoms with Crippen molar-refractivity contribution in [3.63, 3.8) is 0 Å². The molecule has 5 nitrogen and oxygen atoms in total. The maximum atomic E-state index is 5.70. The van der Waals surface area contributed by atoms with Gasteiger partial charge in [0.25, 0.3) is 0 Å². The Kier molecular flexibility index (Phi) is 4.57. The normalized spacial score (nSPS) is 10.7. The summed E-state index contributed by atoms with van der Waals surface area (Å²) in [5, 5.41) is 3.77. The third kappa shape index (κ3) is 4.40. The molecule has 0 saturated carbocycles. The molecule has 0 fully saturated rings. The molecule has 0 atom stereocenters. The fourth-order valence-corrected chi connectivity index (χ4v) is 2.18. The van der Waals surface area contributed by atoms with Crippen LogP contribution < -0.4 is 11.1 Å². The number of nitrogens with two attached hydrogens (primary N) is 1. The Bertz CT molecular complexity index is 530. The third-order valence-electron chi connectivity index (χ3n) is 2.21. The van der Waals surface area contributed by atoms with Crippen LogP contribution in [0, 0.1) is 5.92 Å². The molecule has 0 aliphatic heterocycles. The summed E-state index contributed by atoms with van der Waals surface area (Å²) in [7, 11) is 0. The Morgan fingerprint density at radius 2 is 1.89 bits per heavy atom. The predicted octanol–water partition coefficient (Wildman–Crippen LogP) is 2.95. The highest BCUT2D eigenvalue weighted by Gasteiger charge is 2.06. The van der Waals surface area contributed by atoms with Gasteiger partial charge < -0.3 is 11.1 Å². The van der Waals surface area contributed by atoms with Gasteiger partial charge in [0.15, 0.2) is 5.16 Å². The Labute approximate surface area is 117 Å². The minimum Gasteiger partial charge on any atom is -0.368 e. The van der Waals surface area contributed by atoms with E-state index in [0.29, 0.717) is 17.0 Å². The number of hydrogen-bond acceptors (Lipinski definition) is 6. The summed E-state index contributed by atoms with van der Waals surface area (Å²) in [6.45, 7) is 4.31. The highest BCUT2D eigenvalue weighted by atomic mass is 32.2. The molecule has 100 valence electrons. The number of rotatable bonds is 5. The highest BCUT2D eigenvalue weighted by molar-refractivity contribution is 7.99. The van der Waals surface area contributed by atoms with Crippen LogP contribution in [-0.4, -0.2) is 20.7 Å². The maximum absolute atomic E-state index is 5.70. The van der Waals surface area contributed by atoms with Gasteiger partial charge in [0.2, 0.25) is 11.9 Å². The second kappa shape index (κ2) is 6.38. The van der Waals surface area contributed by atoms with Gasteiger partial charge in [-0.3, -0.25) is 0 Å². The first-order chi connectivity index (χ1) is 9.13. The lowest BCUT2D eigenvalue weighted by atomic mass is 10.3. The summed E-state index contributed by atoms with van der Waals surface area (Å²) < 4.78 is 0. The minimum atomic E-state index is 0.236. The van der Waals surface area contributed by atoms with Crippen molar-refractivity contribution >= 4 is 29.3 Å². The van der Waals surface area contributed by atoms with Gasteiger partial charge in [-0.05, 0) is 18.1 Å². The zero-order valence-corrected chi connectivity index (χ0v) is 11.8. The fraction of sp³-hybridized carbons (Fsp3) is 0.308. The van der Waals surface area contributed by atoms with Gasteiger partial charge in [0.1, 0.15) is 0 Å². The van der Waals surface area contributed by atoms with Crippen molar-refractivity contribution in [2.75, 3.05) is 16.8 Å². The number of aromatic nitrogens is 3. The van der Waals surface area contributed by atoms with Crippen LogP contribution in [0.5, 0.6) is 0 Å². The Morgan fingerprint density at radius 3 is 2.58 bits per heavy atom. The van der Waals surface area contributed by atoms with Gasteiger partial charge in [0.05, 0.1) is 0 Å². The van der Waals surface area contributed by atoms with E-state index in [2.05, 4.69) is 34.1 Å². The number of anilines is 3. The van der Waals surface area contributed by atoms with Crippen LogP contribution in [0.1, 0.15) is 13.8 Å². The van der Waals surface area contributed by atoms with Crippen LogP contribution in [0.3, 0.4) is 0 Å². The summed E-state index contributed by atoms with van der Waals surface area (Å²) in [5.74, 6) is 2.24. The molecule has 0 saturated heterocycles. The second-order valence-electron chi connectivity index (χ2n) is 4.50. The number of hydrogen-bond donors (Lipinski definition) is 2. The van der Waals surface area contributed by atoms with Crippen LogP contribution in [-0.2, 0) is 0 Å². The largest absolute Gasteiger partial charge is 0.368 e. The molecule has 1 aromatic heterocycles. The van der Waals surface area contributed by atoms with Crippen molar-refractivity contribution in [1.82, 2.24) is 15.0 Å². The number of thioether (sulfide) groups is 1. The van der Waals surface area contributed by atoms with Crippen LogP contribution in [0.4, 0.5) is 17.6 Å². The number of nitrogen functional groups attached to an aromatic ring is 1. The van der Waals surface area contributed by atoms with E-state index in [4.69, 9.17) is 5.73 Å². The summed E-state index contributed by atoms with van der Waals surface area (Å²) in [6, 6.07) is 9.74. The Morgan fingerprint density at radius 1 is 1.16 bits per heavy atom. The summed E-state index contributed by atoms with van der Waals surface area (Å²) >= 11 is 1.59. The van der Waals surface area contributed by atoms with Gasteiger partial charge in [-0.25, -0.2) is 0 Å². The molecule has 0 spiro atoms. The van der Waals surface area contributed by atoms with Crippen LogP contribution in [0.2, 0.25) is 0 Å². The lowest BCUT2D eigenvalue weighted by molar-refractivity contribution is 0.747. The van der Waals surface area contributed by atoms with Gasteiger partial charge in [0, 0.05) is 11.4 Å². The van der Waals surface area contributed by atoms with Gasteiger partial charge in [-0.15, -0.1) is 0 Å². The smallest absolute Gasteiger partial charge is 0.233 e. The zero-order valence-electron chi connectivity index (χ0n) is 11.0. The quantitative estimate of drug-likeness (QED) is 0.817. The summed E-state index contributed by atoms with van der Waals surface area (Å²) in [4.78, 5) is 12.6. The van der Waals surface area contributed by atoms with E-state index < -0.39 is 0 Å². The first kappa shape index (κ1) is 13.6. The monoisotopic (exact) mass is 275 g/mol. The highest BCUT2D eigenvalue weighted by Crippen LogP contribution is 2.20. The molecule has 1 heterocycles. The minimum absolute atomic E-state index is 0.236. The second-order valence-corrected chi connectivity index (χ2v) is 5.48. The molecule has 0 bridgehead atoms. The van der Waals surface area contributed by atoms with Crippen LogP contribution in [0.15, 0.2) is 35.5 Å². The first-order valence-electron chi connectivity index (χ1n) is 6.10. The molecule has 2 aromatic rings. The molecule has 0 unspecified atom stereocenters. The average Bonchev–Trinajstić information content (AvgIpc) is 2.37. The third-order valence-corrected chi connectivity index (χ3v) is 3.48. The van der Waals surface area contributed by atoms with Gasteiger partial charge >= 0.3 is 0 Å². The van der Waals surface area contributed by atoms with E-state index in [1.165, 1.54) is 0 Å². The maximum Gasteiger partial charge on any atom is 0.233 e. The first-order valence-corrected chi connectivity index (χ1v) is 7.08. The van der Waals surface area contributed by atoms with Gasteiger partial charge in [-0.2, -0.15) is 15.0 Å². The van der Waals surface area contributed by atoms with Crippen LogP contribution in [0.25, 0.3) is 0 Å². The van der Waals surface area contributed by atoms with Crippen molar-refractivity contribution in [1.29, 1.82) is 0 Å². The molecule has 2 rings (SSSR count). The van der Waals surface area contributed by atoms with Gasteiger partial charge in [-0.1, -0.05) is 43.8 Å². The van der Waals surface area contributed by atoms with E-state index in [1.807, 2.05) is 30.3 Å². The number of benzene rings is 1. The number of nitrogens with one attached hydrogen (secondary N) is 1. The van der Waals surface area contributed by atoms with E-state index in [9.17, 15) is 0 Å². The van der Waals surface area contributed by atoms with E-state index >= 15 is 0 Å². The van der Waals surface area contributed by atoms with E-state index in [1.54, 1.807) is 11.8 Å². The molecule has 0 radical (unpaired) electrons. The summed E-state index contributed by atoms with van der Waals surface area (Å²) in [6.07, 6.45) is 0. The number of nitrogens with zero attached hydrogens (tertiary/aromatic N) is 3. The van der Waals surface area contributed by atoms with Crippen molar-refractivity contribution in [2.24, 2.45) is 5.92 Å². The average molecular weight is 275 g/mol. The molecule has 3 N–H and O–H groups in total. The molecule has 0 aliphatic rings. The molecule has 0 aliphatic carbocycles. The Hall–Kier alpha value is -1.82. The predicted molar refractivity (Wildman–Crippen MR) is 79.5 cm³/mol. The lowest BCUT2D eigenvalue weighted by Gasteiger charge is -2.07. The SMILES string of the molecule is CC(C)CSc1nc(N)nc(Nc2ccccc2)n1. The van der Waals surface area contributed by atoms with Crippen molar-refractivity contribution in [2.45, 2.75) is 19.0 Å². The molecule has 1 aromatic carbocycles. The fourth-order valence-electron chi connectivity index (χ4n) is 1.38. The number of para-hydroxylation sites is 1. The van der Waals surface area contributed by atoms with E-state index in [-0.39, 0.29) is 5.95 Å². The topological polar surface area (TPSA) is 76.7 Å². The molecule has 0 amide bonds. The Balaban J connectivity index is 2.12. The summed E-state index contributed by atoms with van der Waals surface area (Å²) in [5.41, 5.74) is 6.63. The zero-order chi connectivity index (χ0) is 13.7. The van der Waals surface area contributed by atoms with Crippen molar-refractivity contribution in [3.8, 4) is 0 Å². The van der Waals surface area contributed by atoms with Crippen molar-refractivity contribution < 1.29 is 0 Å². The molecule has 19 heavy (non-hydrogen) atoms. The molecular weight excluding hydrogens is 258 g/mol. The molecule has 6 heteroatoms.